The number of benzene rings is 1. The SMILES string of the molecule is COc1cc(C)c2[nH]ccc2c1CN1CCC2(CCC(C)O2)CC1. The molecule has 2 fully saturated rings. The van der Waals surface area contributed by atoms with Crippen molar-refractivity contribution in [2.24, 2.45) is 0 Å². The fraction of sp³-hybridized carbons (Fsp3) is 0.600. The molecule has 1 aromatic heterocycles. The highest BCUT2D eigenvalue weighted by Gasteiger charge is 2.41. The van der Waals surface area contributed by atoms with E-state index in [1.807, 2.05) is 6.20 Å². The summed E-state index contributed by atoms with van der Waals surface area (Å²) in [5.41, 5.74) is 3.93. The van der Waals surface area contributed by atoms with Gasteiger partial charge < -0.3 is 14.5 Å². The monoisotopic (exact) mass is 328 g/mol. The molecule has 2 aliphatic heterocycles. The molecule has 1 N–H and O–H groups in total. The molecule has 1 aromatic carbocycles. The molecule has 130 valence electrons. The van der Waals surface area contributed by atoms with Gasteiger partial charge in [0.2, 0.25) is 0 Å². The lowest BCUT2D eigenvalue weighted by atomic mass is 9.88. The first kappa shape index (κ1) is 16.0. The number of rotatable bonds is 3. The molecule has 4 heteroatoms. The minimum absolute atomic E-state index is 0.163. The van der Waals surface area contributed by atoms with E-state index in [9.17, 15) is 0 Å². The number of ether oxygens (including phenoxy) is 2. The minimum atomic E-state index is 0.163. The second kappa shape index (κ2) is 6.08. The molecular formula is C20H28N2O2. The Hall–Kier alpha value is -1.52. The lowest BCUT2D eigenvalue weighted by molar-refractivity contribution is -0.0724. The van der Waals surface area contributed by atoms with Gasteiger partial charge in [-0.3, -0.25) is 4.90 Å². The van der Waals surface area contributed by atoms with Crippen LogP contribution in [0.4, 0.5) is 0 Å². The lowest BCUT2D eigenvalue weighted by Crippen LogP contribution is -2.44. The highest BCUT2D eigenvalue weighted by molar-refractivity contribution is 5.88. The number of nitrogens with zero attached hydrogens (tertiary/aromatic N) is 1. The largest absolute Gasteiger partial charge is 0.496 e. The fourth-order valence-electron chi connectivity index (χ4n) is 4.50. The zero-order valence-corrected chi connectivity index (χ0v) is 15.0. The van der Waals surface area contributed by atoms with Crippen molar-refractivity contribution in [2.45, 2.75) is 57.8 Å². The van der Waals surface area contributed by atoms with Crippen molar-refractivity contribution in [3.63, 3.8) is 0 Å². The summed E-state index contributed by atoms with van der Waals surface area (Å²) in [6, 6.07) is 4.33. The summed E-state index contributed by atoms with van der Waals surface area (Å²) in [5, 5.41) is 1.29. The van der Waals surface area contributed by atoms with Crippen LogP contribution in [0.15, 0.2) is 18.3 Å². The van der Waals surface area contributed by atoms with Gasteiger partial charge in [-0.15, -0.1) is 0 Å². The normalized spacial score (nSPS) is 24.0. The van der Waals surface area contributed by atoms with Crippen LogP contribution in [0.3, 0.4) is 0 Å². The molecule has 2 saturated heterocycles. The van der Waals surface area contributed by atoms with Gasteiger partial charge in [0.25, 0.3) is 0 Å². The molecule has 0 saturated carbocycles. The van der Waals surface area contributed by atoms with Crippen molar-refractivity contribution in [1.82, 2.24) is 9.88 Å². The molecule has 1 spiro atoms. The Balaban J connectivity index is 1.53. The standard InChI is InChI=1S/C20H28N2O2/c1-14-12-18(23-3)17(16-5-9-21-19(14)16)13-22-10-7-20(8-11-22)6-4-15(2)24-20/h5,9,12,15,21H,4,6-8,10-11,13H2,1-3H3. The van der Waals surface area contributed by atoms with Gasteiger partial charge in [-0.25, -0.2) is 0 Å². The number of aryl methyl sites for hydroxylation is 1. The first-order valence-electron chi connectivity index (χ1n) is 9.14. The van der Waals surface area contributed by atoms with Crippen LogP contribution in [0, 0.1) is 6.92 Å². The molecule has 1 atom stereocenters. The third-order valence-electron chi connectivity index (χ3n) is 5.94. The molecule has 4 nitrogen and oxygen atoms in total. The third-order valence-corrected chi connectivity index (χ3v) is 5.94. The second-order valence-corrected chi connectivity index (χ2v) is 7.57. The van der Waals surface area contributed by atoms with Crippen LogP contribution < -0.4 is 4.74 Å². The molecule has 0 aliphatic carbocycles. The van der Waals surface area contributed by atoms with Crippen LogP contribution in [0.2, 0.25) is 0 Å². The van der Waals surface area contributed by atoms with E-state index in [1.165, 1.54) is 34.9 Å². The predicted octanol–water partition coefficient (Wildman–Crippen LogP) is 4.02. The number of likely N-dealkylation sites (tertiary alicyclic amines) is 1. The molecule has 0 radical (unpaired) electrons. The fourth-order valence-corrected chi connectivity index (χ4v) is 4.50. The summed E-state index contributed by atoms with van der Waals surface area (Å²) in [6.07, 6.45) is 7.23. The van der Waals surface area contributed by atoms with Crippen molar-refractivity contribution in [1.29, 1.82) is 0 Å². The summed E-state index contributed by atoms with van der Waals surface area (Å²) < 4.78 is 11.9. The van der Waals surface area contributed by atoms with Crippen molar-refractivity contribution >= 4 is 10.9 Å². The molecule has 4 rings (SSSR count). The Morgan fingerprint density at radius 2 is 2.12 bits per heavy atom. The van der Waals surface area contributed by atoms with Gasteiger partial charge in [0.05, 0.1) is 18.8 Å². The quantitative estimate of drug-likeness (QED) is 0.925. The van der Waals surface area contributed by atoms with Gasteiger partial charge in [0.1, 0.15) is 5.75 Å². The number of nitrogens with one attached hydrogen (secondary N) is 1. The highest BCUT2D eigenvalue weighted by atomic mass is 16.5. The van der Waals surface area contributed by atoms with Gasteiger partial charge in [-0.05, 0) is 57.2 Å². The maximum atomic E-state index is 6.25. The summed E-state index contributed by atoms with van der Waals surface area (Å²) in [4.78, 5) is 5.92. The molecule has 0 bridgehead atoms. The van der Waals surface area contributed by atoms with E-state index < -0.39 is 0 Å². The van der Waals surface area contributed by atoms with Gasteiger partial charge >= 0.3 is 0 Å². The van der Waals surface area contributed by atoms with Crippen LogP contribution in [0.5, 0.6) is 5.75 Å². The van der Waals surface area contributed by atoms with Crippen molar-refractivity contribution in [3.8, 4) is 5.75 Å². The number of aromatic amines is 1. The number of piperidine rings is 1. The number of hydrogen-bond acceptors (Lipinski definition) is 3. The van der Waals surface area contributed by atoms with Gasteiger partial charge in [0, 0.05) is 42.3 Å². The minimum Gasteiger partial charge on any atom is -0.496 e. The Morgan fingerprint density at radius 1 is 1.33 bits per heavy atom. The van der Waals surface area contributed by atoms with E-state index in [2.05, 4.69) is 35.9 Å². The zero-order valence-electron chi connectivity index (χ0n) is 15.0. The van der Waals surface area contributed by atoms with Crippen molar-refractivity contribution in [3.05, 3.63) is 29.5 Å². The van der Waals surface area contributed by atoms with E-state index >= 15 is 0 Å². The Morgan fingerprint density at radius 3 is 2.79 bits per heavy atom. The lowest BCUT2D eigenvalue weighted by Gasteiger charge is -2.39. The Bertz CT molecular complexity index is 729. The van der Waals surface area contributed by atoms with E-state index in [1.54, 1.807) is 7.11 Å². The topological polar surface area (TPSA) is 37.5 Å². The number of fused-ring (bicyclic) bond motifs is 1. The highest BCUT2D eigenvalue weighted by Crippen LogP contribution is 2.39. The third kappa shape index (κ3) is 2.72. The first-order chi connectivity index (χ1) is 11.6. The van der Waals surface area contributed by atoms with E-state index in [-0.39, 0.29) is 5.60 Å². The summed E-state index contributed by atoms with van der Waals surface area (Å²) >= 11 is 0. The van der Waals surface area contributed by atoms with Crippen LogP contribution in [-0.2, 0) is 11.3 Å². The van der Waals surface area contributed by atoms with Crippen molar-refractivity contribution < 1.29 is 9.47 Å². The molecule has 24 heavy (non-hydrogen) atoms. The average Bonchev–Trinajstić information content (AvgIpc) is 3.20. The van der Waals surface area contributed by atoms with Gasteiger partial charge in [0.15, 0.2) is 0 Å². The summed E-state index contributed by atoms with van der Waals surface area (Å²) in [7, 11) is 1.77. The van der Waals surface area contributed by atoms with Crippen LogP contribution in [0.1, 0.15) is 43.7 Å². The first-order valence-corrected chi connectivity index (χ1v) is 9.14. The van der Waals surface area contributed by atoms with E-state index in [0.29, 0.717) is 6.10 Å². The second-order valence-electron chi connectivity index (χ2n) is 7.57. The van der Waals surface area contributed by atoms with Gasteiger partial charge in [-0.1, -0.05) is 0 Å². The maximum absolute atomic E-state index is 6.25. The number of hydrogen-bond donors (Lipinski definition) is 1. The summed E-state index contributed by atoms with van der Waals surface area (Å²) in [5.74, 6) is 1.01. The Kier molecular flexibility index (Phi) is 4.05. The van der Waals surface area contributed by atoms with Crippen LogP contribution in [-0.4, -0.2) is 41.8 Å². The molecule has 0 amide bonds. The Labute approximate surface area is 144 Å². The zero-order chi connectivity index (χ0) is 16.7. The average molecular weight is 328 g/mol. The molecule has 2 aromatic rings. The molecular weight excluding hydrogens is 300 g/mol. The predicted molar refractivity (Wildman–Crippen MR) is 96.6 cm³/mol. The van der Waals surface area contributed by atoms with Crippen LogP contribution >= 0.6 is 0 Å². The molecule has 2 aliphatic rings. The van der Waals surface area contributed by atoms with Gasteiger partial charge in [-0.2, -0.15) is 0 Å². The smallest absolute Gasteiger partial charge is 0.124 e. The molecule has 3 heterocycles. The maximum Gasteiger partial charge on any atom is 0.124 e. The number of H-pyrrole nitrogens is 1. The number of methoxy groups -OCH3 is 1. The summed E-state index contributed by atoms with van der Waals surface area (Å²) in [6.45, 7) is 7.50. The van der Waals surface area contributed by atoms with Crippen molar-refractivity contribution in [2.75, 3.05) is 20.2 Å². The van der Waals surface area contributed by atoms with E-state index in [4.69, 9.17) is 9.47 Å². The molecule has 1 unspecified atom stereocenters. The number of aromatic nitrogens is 1. The van der Waals surface area contributed by atoms with E-state index in [0.717, 1.165) is 38.2 Å². The van der Waals surface area contributed by atoms with Crippen LogP contribution in [0.25, 0.3) is 10.9 Å².